The van der Waals surface area contributed by atoms with E-state index in [4.69, 9.17) is 0 Å². The quantitative estimate of drug-likeness (QED) is 0.137. The Kier molecular flexibility index (Phi) is 10.1. The van der Waals surface area contributed by atoms with Crippen LogP contribution in [0.4, 0.5) is 17.1 Å². The molecule has 0 saturated carbocycles. The van der Waals surface area contributed by atoms with Gasteiger partial charge in [0.2, 0.25) is 0 Å². The fraction of sp³-hybridized carbons (Fsp3) is 0.0588. The van der Waals surface area contributed by atoms with E-state index in [0.717, 1.165) is 33.8 Å². The van der Waals surface area contributed by atoms with Gasteiger partial charge in [-0.15, -0.1) is 0 Å². The third-order valence-electron chi connectivity index (χ3n) is 14.3. The molecule has 0 aliphatic heterocycles. The summed E-state index contributed by atoms with van der Waals surface area (Å²) in [4.78, 5) is 2.52. The highest BCUT2D eigenvalue weighted by Gasteiger charge is 2.25. The van der Waals surface area contributed by atoms with Gasteiger partial charge in [-0.2, -0.15) is 0 Å². The molecule has 12 aromatic rings. The molecular weight excluding hydrogens is 831 g/mol. The van der Waals surface area contributed by atoms with Crippen molar-refractivity contribution in [2.24, 2.45) is 0 Å². The van der Waals surface area contributed by atoms with Crippen molar-refractivity contribution >= 4 is 93.8 Å². The second kappa shape index (κ2) is 16.7. The van der Waals surface area contributed by atoms with Crippen molar-refractivity contribution in [3.05, 3.63) is 248 Å². The highest BCUT2D eigenvalue weighted by Crippen LogP contribution is 2.51. The third kappa shape index (κ3) is 7.09. The molecule has 0 aromatic heterocycles. The van der Waals surface area contributed by atoms with Gasteiger partial charge in [-0.25, -0.2) is 0 Å². The number of hydrogen-bond acceptors (Lipinski definition) is 1. The van der Waals surface area contributed by atoms with Crippen LogP contribution in [0.25, 0.3) is 110 Å². The number of benzene rings is 12. The second-order valence-corrected chi connectivity index (χ2v) is 19.3. The van der Waals surface area contributed by atoms with Gasteiger partial charge in [0.05, 0.1) is 5.69 Å². The highest BCUT2D eigenvalue weighted by atomic mass is 15.1. The molecular formula is C68H51N. The number of anilines is 3. The molecule has 0 fully saturated rings. The molecule has 1 nitrogen and oxygen atoms in total. The molecule has 0 spiro atoms. The van der Waals surface area contributed by atoms with E-state index in [1.54, 1.807) is 0 Å². The van der Waals surface area contributed by atoms with Crippen LogP contribution in [0.5, 0.6) is 0 Å². The predicted molar refractivity (Wildman–Crippen MR) is 301 cm³/mol. The molecule has 0 unspecified atom stereocenters. The summed E-state index contributed by atoms with van der Waals surface area (Å²) in [6.45, 7) is 15.1. The summed E-state index contributed by atoms with van der Waals surface area (Å²) in [7, 11) is 0. The Morgan fingerprint density at radius 2 is 0.739 bits per heavy atom. The van der Waals surface area contributed by atoms with Gasteiger partial charge in [0, 0.05) is 22.1 Å². The van der Waals surface area contributed by atoms with Gasteiger partial charge in [0.1, 0.15) is 0 Å². The first-order chi connectivity index (χ1) is 33.8. The molecule has 0 aliphatic carbocycles. The second-order valence-electron chi connectivity index (χ2n) is 19.3. The zero-order valence-corrected chi connectivity index (χ0v) is 39.3. The Hall–Kier alpha value is -8.52. The predicted octanol–water partition coefficient (Wildman–Crippen LogP) is 19.7. The van der Waals surface area contributed by atoms with Gasteiger partial charge in [0.25, 0.3) is 0 Å². The van der Waals surface area contributed by atoms with E-state index in [2.05, 4.69) is 257 Å². The van der Waals surface area contributed by atoms with E-state index >= 15 is 0 Å². The minimum absolute atomic E-state index is 0.00618. The van der Waals surface area contributed by atoms with Crippen LogP contribution in [-0.4, -0.2) is 0 Å². The molecule has 0 atom stereocenters. The van der Waals surface area contributed by atoms with E-state index in [-0.39, 0.29) is 5.41 Å². The van der Waals surface area contributed by atoms with Crippen molar-refractivity contribution in [3.8, 4) is 33.4 Å². The zero-order valence-electron chi connectivity index (χ0n) is 39.3. The Morgan fingerprint density at radius 3 is 1.25 bits per heavy atom. The summed E-state index contributed by atoms with van der Waals surface area (Å²) in [5.41, 5.74) is 14.0. The van der Waals surface area contributed by atoms with Crippen LogP contribution in [-0.2, 0) is 5.41 Å². The van der Waals surface area contributed by atoms with Crippen LogP contribution in [0.3, 0.4) is 0 Å². The number of hydrogen-bond donors (Lipinski definition) is 0. The molecule has 0 radical (unpaired) electrons. The van der Waals surface area contributed by atoms with Crippen molar-refractivity contribution in [1.29, 1.82) is 0 Å². The smallest absolute Gasteiger partial charge is 0.0618 e. The maximum atomic E-state index is 4.18. The van der Waals surface area contributed by atoms with E-state index in [9.17, 15) is 0 Å². The van der Waals surface area contributed by atoms with E-state index in [0.29, 0.717) is 0 Å². The number of nitrogens with zero attached hydrogens (tertiary/aromatic N) is 1. The molecule has 69 heavy (non-hydrogen) atoms. The minimum atomic E-state index is -0.00618. The van der Waals surface area contributed by atoms with Crippen LogP contribution in [0, 0.1) is 0 Å². The van der Waals surface area contributed by atoms with Crippen LogP contribution in [0.1, 0.15) is 37.5 Å². The zero-order chi connectivity index (χ0) is 46.8. The van der Waals surface area contributed by atoms with E-state index in [1.807, 2.05) is 12.2 Å². The van der Waals surface area contributed by atoms with Crippen molar-refractivity contribution in [3.63, 3.8) is 0 Å². The topological polar surface area (TPSA) is 3.24 Å². The first kappa shape index (κ1) is 41.9. The molecule has 12 rings (SSSR count). The monoisotopic (exact) mass is 881 g/mol. The SMILES string of the molecule is C=Cc1ccc(-c2c3ccccc3c(N(c3ccc(C(C)(C)C)cc3)c3ccc4c(-c5ccc6ccccc6c5)c5ccccc5c(-c5ccc6ccccc6c5)c4c3)c3ccccc23)cc1C=C. The summed E-state index contributed by atoms with van der Waals surface area (Å²) in [6.07, 6.45) is 3.84. The van der Waals surface area contributed by atoms with Crippen LogP contribution in [0.2, 0.25) is 0 Å². The lowest BCUT2D eigenvalue weighted by atomic mass is 9.84. The molecule has 1 heteroatoms. The number of rotatable bonds is 8. The van der Waals surface area contributed by atoms with Crippen molar-refractivity contribution in [1.82, 2.24) is 0 Å². The van der Waals surface area contributed by atoms with Crippen LogP contribution in [0.15, 0.2) is 232 Å². The molecule has 0 heterocycles. The van der Waals surface area contributed by atoms with Crippen LogP contribution >= 0.6 is 0 Å². The van der Waals surface area contributed by atoms with Crippen molar-refractivity contribution in [2.75, 3.05) is 4.90 Å². The van der Waals surface area contributed by atoms with Gasteiger partial charge in [-0.05, 0) is 152 Å². The van der Waals surface area contributed by atoms with Gasteiger partial charge in [-0.1, -0.05) is 222 Å². The minimum Gasteiger partial charge on any atom is -0.309 e. The standard InChI is InChI=1S/C68H51N/c1-6-44-28-31-50(40-45(44)7-2)65-58-24-14-16-26-61(58)67(62-27-17-15-25-59(62)65)69(54-36-34-53(35-37-54)68(3,4)5)55-38-39-60-63(43-55)66(52-33-30-47-19-9-11-21-49(47)42-52)57-23-13-12-22-56(57)64(60)51-32-29-46-18-8-10-20-48(46)41-51/h6-43H,1-2H2,3-5H3. The van der Waals surface area contributed by atoms with Gasteiger partial charge in [-0.3, -0.25) is 0 Å². The van der Waals surface area contributed by atoms with Crippen molar-refractivity contribution < 1.29 is 0 Å². The molecule has 0 N–H and O–H groups in total. The molecule has 12 aromatic carbocycles. The summed E-state index contributed by atoms with van der Waals surface area (Å²) >= 11 is 0. The first-order valence-electron chi connectivity index (χ1n) is 24.0. The summed E-state index contributed by atoms with van der Waals surface area (Å²) in [5, 5.41) is 14.5. The third-order valence-corrected chi connectivity index (χ3v) is 14.3. The number of fused-ring (bicyclic) bond motifs is 6. The largest absolute Gasteiger partial charge is 0.309 e. The molecule has 0 bridgehead atoms. The maximum absolute atomic E-state index is 4.18. The highest BCUT2D eigenvalue weighted by molar-refractivity contribution is 6.25. The molecule has 0 saturated heterocycles. The fourth-order valence-corrected chi connectivity index (χ4v) is 10.9. The average Bonchev–Trinajstić information content (AvgIpc) is 3.39. The average molecular weight is 882 g/mol. The van der Waals surface area contributed by atoms with E-state index in [1.165, 1.54) is 98.0 Å². The maximum Gasteiger partial charge on any atom is 0.0618 e. The van der Waals surface area contributed by atoms with E-state index < -0.39 is 0 Å². The Balaban J connectivity index is 1.20. The Morgan fingerprint density at radius 1 is 0.333 bits per heavy atom. The molecule has 0 aliphatic rings. The summed E-state index contributed by atoms with van der Waals surface area (Å²) in [6, 6.07) is 81.3. The molecule has 328 valence electrons. The fourth-order valence-electron chi connectivity index (χ4n) is 10.9. The summed E-state index contributed by atoms with van der Waals surface area (Å²) in [5.74, 6) is 0. The van der Waals surface area contributed by atoms with Gasteiger partial charge in [0.15, 0.2) is 0 Å². The van der Waals surface area contributed by atoms with Gasteiger partial charge >= 0.3 is 0 Å². The van der Waals surface area contributed by atoms with Crippen LogP contribution < -0.4 is 4.90 Å². The molecule has 0 amide bonds. The normalized spacial score (nSPS) is 11.8. The summed E-state index contributed by atoms with van der Waals surface area (Å²) < 4.78 is 0. The Bertz CT molecular complexity index is 3970. The van der Waals surface area contributed by atoms with Crippen molar-refractivity contribution in [2.45, 2.75) is 26.2 Å². The first-order valence-corrected chi connectivity index (χ1v) is 24.0. The lowest BCUT2D eigenvalue weighted by Gasteiger charge is -2.31. The lowest BCUT2D eigenvalue weighted by molar-refractivity contribution is 0.590. The van der Waals surface area contributed by atoms with Gasteiger partial charge < -0.3 is 4.90 Å². The lowest BCUT2D eigenvalue weighted by Crippen LogP contribution is -2.14. The Labute approximate surface area is 404 Å².